The number of ether oxygens (including phenoxy) is 2. The number of methoxy groups -OCH3 is 1. The minimum absolute atomic E-state index is 0.126. The van der Waals surface area contributed by atoms with E-state index in [0.29, 0.717) is 22.3 Å². The van der Waals surface area contributed by atoms with Gasteiger partial charge >= 0.3 is 5.97 Å². The first-order valence-electron chi connectivity index (χ1n) is 8.46. The summed E-state index contributed by atoms with van der Waals surface area (Å²) in [6.45, 7) is 3.80. The van der Waals surface area contributed by atoms with Crippen LogP contribution >= 0.6 is 0 Å². The van der Waals surface area contributed by atoms with Gasteiger partial charge in [0.25, 0.3) is 5.91 Å². The molecule has 0 unspecified atom stereocenters. The fourth-order valence-electron chi connectivity index (χ4n) is 2.63. The zero-order valence-corrected chi connectivity index (χ0v) is 15.4. The number of aromatic nitrogens is 1. The van der Waals surface area contributed by atoms with Crippen LogP contribution in [0, 0.1) is 13.8 Å². The van der Waals surface area contributed by atoms with Crippen molar-refractivity contribution in [3.8, 4) is 5.75 Å². The summed E-state index contributed by atoms with van der Waals surface area (Å²) in [5.41, 5.74) is 3.67. The number of anilines is 1. The van der Waals surface area contributed by atoms with Gasteiger partial charge in [0.2, 0.25) is 0 Å². The zero-order valence-electron chi connectivity index (χ0n) is 15.4. The van der Waals surface area contributed by atoms with E-state index in [0.717, 1.165) is 11.1 Å². The molecule has 0 radical (unpaired) electrons. The summed E-state index contributed by atoms with van der Waals surface area (Å²) in [6.07, 6.45) is 0. The van der Waals surface area contributed by atoms with Crippen LogP contribution in [0.3, 0.4) is 0 Å². The molecule has 1 aromatic heterocycles. The Kier molecular flexibility index (Phi) is 5.35. The Labute approximate surface area is 157 Å². The molecule has 0 saturated heterocycles. The molecule has 6 heteroatoms. The van der Waals surface area contributed by atoms with Crippen molar-refractivity contribution < 1.29 is 19.1 Å². The van der Waals surface area contributed by atoms with E-state index in [1.807, 2.05) is 50.2 Å². The maximum Gasteiger partial charge on any atom is 0.356 e. The van der Waals surface area contributed by atoms with Crippen LogP contribution in [0.5, 0.6) is 5.75 Å². The number of aryl methyl sites for hydroxylation is 2. The number of fused-ring (bicyclic) bond motifs is 1. The largest absolute Gasteiger partial charge is 0.483 e. The van der Waals surface area contributed by atoms with E-state index in [1.165, 1.54) is 13.2 Å². The van der Waals surface area contributed by atoms with E-state index in [4.69, 9.17) is 9.47 Å². The maximum atomic E-state index is 12.2. The summed E-state index contributed by atoms with van der Waals surface area (Å²) < 4.78 is 10.4. The molecule has 6 nitrogen and oxygen atoms in total. The Morgan fingerprint density at radius 1 is 1.04 bits per heavy atom. The molecule has 1 N–H and O–H groups in total. The third-order valence-corrected chi connectivity index (χ3v) is 4.22. The van der Waals surface area contributed by atoms with Gasteiger partial charge in [-0.25, -0.2) is 9.78 Å². The second kappa shape index (κ2) is 7.86. The molecule has 27 heavy (non-hydrogen) atoms. The highest BCUT2D eigenvalue weighted by atomic mass is 16.5. The quantitative estimate of drug-likeness (QED) is 0.699. The third kappa shape index (κ3) is 4.23. The zero-order chi connectivity index (χ0) is 19.4. The highest BCUT2D eigenvalue weighted by Crippen LogP contribution is 2.26. The number of benzene rings is 2. The first-order chi connectivity index (χ1) is 13.0. The molecule has 1 heterocycles. The van der Waals surface area contributed by atoms with Crippen molar-refractivity contribution in [3.05, 3.63) is 65.4 Å². The van der Waals surface area contributed by atoms with Gasteiger partial charge in [0.05, 0.1) is 12.6 Å². The molecule has 0 aliphatic rings. The number of esters is 1. The Hall–Kier alpha value is -3.41. The lowest BCUT2D eigenvalue weighted by Crippen LogP contribution is -2.20. The third-order valence-electron chi connectivity index (χ3n) is 4.22. The van der Waals surface area contributed by atoms with E-state index in [1.54, 1.807) is 6.07 Å². The van der Waals surface area contributed by atoms with Crippen LogP contribution in [0.1, 0.15) is 21.6 Å². The van der Waals surface area contributed by atoms with Crippen molar-refractivity contribution in [3.63, 3.8) is 0 Å². The standard InChI is InChI=1S/C21H20N2O4/c1-13-8-9-15(10-14(13)2)22-20(24)12-27-19-11-18(21(25)26-3)23-17-7-5-4-6-16(17)19/h4-11H,12H2,1-3H3,(H,22,24). The van der Waals surface area contributed by atoms with E-state index in [9.17, 15) is 9.59 Å². The van der Waals surface area contributed by atoms with Crippen LogP contribution in [-0.2, 0) is 9.53 Å². The van der Waals surface area contributed by atoms with Gasteiger partial charge < -0.3 is 14.8 Å². The van der Waals surface area contributed by atoms with Crippen LogP contribution in [-0.4, -0.2) is 30.6 Å². The van der Waals surface area contributed by atoms with Gasteiger partial charge in [0.1, 0.15) is 5.75 Å². The van der Waals surface area contributed by atoms with Crippen molar-refractivity contribution >= 4 is 28.5 Å². The predicted octanol–water partition coefficient (Wildman–Crippen LogP) is 3.66. The van der Waals surface area contributed by atoms with E-state index >= 15 is 0 Å². The lowest BCUT2D eigenvalue weighted by atomic mass is 10.1. The summed E-state index contributed by atoms with van der Waals surface area (Å²) >= 11 is 0. The first kappa shape index (κ1) is 18.4. The fourth-order valence-corrected chi connectivity index (χ4v) is 2.63. The molecular formula is C21H20N2O4. The highest BCUT2D eigenvalue weighted by molar-refractivity contribution is 5.95. The summed E-state index contributed by atoms with van der Waals surface area (Å²) in [5.74, 6) is -0.458. The Balaban J connectivity index is 1.78. The lowest BCUT2D eigenvalue weighted by molar-refractivity contribution is -0.118. The monoisotopic (exact) mass is 364 g/mol. The summed E-state index contributed by atoms with van der Waals surface area (Å²) in [7, 11) is 1.29. The van der Waals surface area contributed by atoms with Gasteiger partial charge in [0.15, 0.2) is 12.3 Å². The predicted molar refractivity (Wildman–Crippen MR) is 103 cm³/mol. The van der Waals surface area contributed by atoms with E-state index < -0.39 is 5.97 Å². The molecular weight excluding hydrogens is 344 g/mol. The number of nitrogens with zero attached hydrogens (tertiary/aromatic N) is 1. The van der Waals surface area contributed by atoms with Crippen molar-refractivity contribution in [2.24, 2.45) is 0 Å². The second-order valence-electron chi connectivity index (χ2n) is 6.15. The topological polar surface area (TPSA) is 77.5 Å². The first-order valence-corrected chi connectivity index (χ1v) is 8.46. The molecule has 0 spiro atoms. The number of hydrogen-bond donors (Lipinski definition) is 1. The minimum atomic E-state index is -0.565. The number of rotatable bonds is 5. The molecule has 0 atom stereocenters. The number of carbonyl (C=O) groups is 2. The SMILES string of the molecule is COC(=O)c1cc(OCC(=O)Nc2ccc(C)c(C)c2)c2ccccc2n1. The average molecular weight is 364 g/mol. The smallest absolute Gasteiger partial charge is 0.356 e. The van der Waals surface area contributed by atoms with Gasteiger partial charge in [-0.1, -0.05) is 18.2 Å². The van der Waals surface area contributed by atoms with Crippen LogP contribution in [0.15, 0.2) is 48.5 Å². The van der Waals surface area contributed by atoms with Crippen molar-refractivity contribution in [2.75, 3.05) is 19.0 Å². The summed E-state index contributed by atoms with van der Waals surface area (Å²) in [4.78, 5) is 28.3. The van der Waals surface area contributed by atoms with Crippen molar-refractivity contribution in [2.45, 2.75) is 13.8 Å². The molecule has 0 aliphatic carbocycles. The number of pyridine rings is 1. The Morgan fingerprint density at radius 3 is 2.56 bits per heavy atom. The Morgan fingerprint density at radius 2 is 1.81 bits per heavy atom. The second-order valence-corrected chi connectivity index (χ2v) is 6.15. The number of carbonyl (C=O) groups excluding carboxylic acids is 2. The molecule has 0 saturated carbocycles. The molecule has 0 bridgehead atoms. The molecule has 0 fully saturated rings. The van der Waals surface area contributed by atoms with Crippen LogP contribution in [0.25, 0.3) is 10.9 Å². The highest BCUT2D eigenvalue weighted by Gasteiger charge is 2.14. The molecule has 3 aromatic rings. The number of nitrogens with one attached hydrogen (secondary N) is 1. The van der Waals surface area contributed by atoms with Crippen LogP contribution in [0.4, 0.5) is 5.69 Å². The van der Waals surface area contributed by atoms with Gasteiger partial charge in [-0.2, -0.15) is 0 Å². The normalized spacial score (nSPS) is 10.5. The summed E-state index contributed by atoms with van der Waals surface area (Å²) in [5, 5.41) is 3.52. The van der Waals surface area contributed by atoms with Gasteiger partial charge in [-0.3, -0.25) is 4.79 Å². The minimum Gasteiger partial charge on any atom is -0.483 e. The van der Waals surface area contributed by atoms with E-state index in [2.05, 4.69) is 10.3 Å². The Bertz CT molecular complexity index is 1010. The number of para-hydroxylation sites is 1. The number of hydrogen-bond acceptors (Lipinski definition) is 5. The lowest BCUT2D eigenvalue weighted by Gasteiger charge is -2.11. The molecule has 2 aromatic carbocycles. The molecule has 0 aliphatic heterocycles. The fraction of sp³-hybridized carbons (Fsp3) is 0.190. The average Bonchev–Trinajstić information content (AvgIpc) is 2.68. The summed E-state index contributed by atoms with van der Waals surface area (Å²) in [6, 6.07) is 14.4. The van der Waals surface area contributed by atoms with E-state index in [-0.39, 0.29) is 18.2 Å². The van der Waals surface area contributed by atoms with Gasteiger partial charge in [0, 0.05) is 17.1 Å². The van der Waals surface area contributed by atoms with Crippen LogP contribution in [0.2, 0.25) is 0 Å². The van der Waals surface area contributed by atoms with Crippen molar-refractivity contribution in [1.82, 2.24) is 4.98 Å². The molecule has 3 rings (SSSR count). The maximum absolute atomic E-state index is 12.2. The molecule has 1 amide bonds. The molecule has 138 valence electrons. The van der Waals surface area contributed by atoms with Gasteiger partial charge in [-0.15, -0.1) is 0 Å². The van der Waals surface area contributed by atoms with Crippen LogP contribution < -0.4 is 10.1 Å². The number of amides is 1. The van der Waals surface area contributed by atoms with Crippen molar-refractivity contribution in [1.29, 1.82) is 0 Å². The van der Waals surface area contributed by atoms with Gasteiger partial charge in [-0.05, 0) is 49.2 Å².